The summed E-state index contributed by atoms with van der Waals surface area (Å²) in [4.78, 5) is 16.3. The summed E-state index contributed by atoms with van der Waals surface area (Å²) in [5.41, 5.74) is 8.28. The van der Waals surface area contributed by atoms with Crippen LogP contribution in [0.15, 0.2) is 48.7 Å². The Morgan fingerprint density at radius 2 is 1.82 bits per heavy atom. The molecule has 1 heterocycles. The Hall–Kier alpha value is -1.95. The highest BCUT2D eigenvalue weighted by atomic mass is 35.5. The summed E-state index contributed by atoms with van der Waals surface area (Å²) in [5.74, 6) is 0.379. The smallest absolute Gasteiger partial charge is 0.242 e. The molecule has 1 amide bonds. The van der Waals surface area contributed by atoms with Crippen LogP contribution in [0.25, 0.3) is 0 Å². The fourth-order valence-electron chi connectivity index (χ4n) is 3.04. The first kappa shape index (κ1) is 24.1. The van der Waals surface area contributed by atoms with Gasteiger partial charge in [-0.15, -0.1) is 12.4 Å². The molecule has 6 heteroatoms. The number of pyridine rings is 1. The van der Waals surface area contributed by atoms with E-state index in [4.69, 9.17) is 5.73 Å². The van der Waals surface area contributed by atoms with E-state index in [9.17, 15) is 4.79 Å². The molecule has 3 unspecified atom stereocenters. The van der Waals surface area contributed by atoms with Gasteiger partial charge in [0.05, 0.1) is 6.04 Å². The van der Waals surface area contributed by atoms with Gasteiger partial charge in [-0.3, -0.25) is 4.79 Å². The number of nitrogens with one attached hydrogen (secondary N) is 2. The lowest BCUT2D eigenvalue weighted by Gasteiger charge is -2.20. The standard InChI is InChI=1S/C22H32N4O.ClH/c1-4-8-20(23)22(27)26-21-14-13-18(15-24-21)12-11-16(2)25-17(3)19-9-6-5-7-10-19;/h5-7,9-10,13-17,20,25H,4,8,11-12,23H2,1-3H3,(H,24,26,27);1H. The van der Waals surface area contributed by atoms with Crippen molar-refractivity contribution in [3.8, 4) is 0 Å². The number of carbonyl (C=O) groups is 1. The van der Waals surface area contributed by atoms with E-state index >= 15 is 0 Å². The average molecular weight is 405 g/mol. The van der Waals surface area contributed by atoms with Crippen LogP contribution in [0.1, 0.15) is 57.2 Å². The van der Waals surface area contributed by atoms with Gasteiger partial charge in [0.2, 0.25) is 5.91 Å². The molecule has 2 aromatic rings. The largest absolute Gasteiger partial charge is 0.320 e. The van der Waals surface area contributed by atoms with E-state index < -0.39 is 6.04 Å². The first-order valence-electron chi connectivity index (χ1n) is 9.82. The van der Waals surface area contributed by atoms with Crippen LogP contribution in [0, 0.1) is 0 Å². The Kier molecular flexibility index (Phi) is 10.8. The molecule has 0 aliphatic carbocycles. The van der Waals surface area contributed by atoms with E-state index in [1.807, 2.05) is 31.3 Å². The number of amides is 1. The number of carbonyl (C=O) groups excluding carboxylic acids is 1. The highest BCUT2D eigenvalue weighted by Crippen LogP contribution is 2.14. The summed E-state index contributed by atoms with van der Waals surface area (Å²) in [6, 6.07) is 14.6. The first-order valence-corrected chi connectivity index (χ1v) is 9.82. The van der Waals surface area contributed by atoms with Crippen molar-refractivity contribution < 1.29 is 4.79 Å². The van der Waals surface area contributed by atoms with Gasteiger partial charge in [-0.1, -0.05) is 49.7 Å². The summed E-state index contributed by atoms with van der Waals surface area (Å²) >= 11 is 0. The fourth-order valence-corrected chi connectivity index (χ4v) is 3.04. The van der Waals surface area contributed by atoms with Crippen molar-refractivity contribution in [3.63, 3.8) is 0 Å². The molecule has 0 saturated heterocycles. The Balaban J connectivity index is 0.00000392. The highest BCUT2D eigenvalue weighted by molar-refractivity contribution is 5.93. The van der Waals surface area contributed by atoms with Crippen LogP contribution in [-0.4, -0.2) is 23.0 Å². The molecule has 0 radical (unpaired) electrons. The van der Waals surface area contributed by atoms with Gasteiger partial charge in [-0.2, -0.15) is 0 Å². The SMILES string of the molecule is CCCC(N)C(=O)Nc1ccc(CCC(C)NC(C)c2ccccc2)cn1.Cl. The van der Waals surface area contributed by atoms with Crippen molar-refractivity contribution in [2.24, 2.45) is 5.73 Å². The van der Waals surface area contributed by atoms with Gasteiger partial charge in [0.1, 0.15) is 5.82 Å². The Morgan fingerprint density at radius 1 is 1.11 bits per heavy atom. The van der Waals surface area contributed by atoms with E-state index in [-0.39, 0.29) is 18.3 Å². The minimum absolute atomic E-state index is 0. The molecule has 0 aliphatic heterocycles. The number of halogens is 1. The van der Waals surface area contributed by atoms with Crippen molar-refractivity contribution in [2.45, 2.75) is 64.6 Å². The van der Waals surface area contributed by atoms with Crippen LogP contribution >= 0.6 is 12.4 Å². The number of rotatable bonds is 10. The normalized spacial score (nSPS) is 13.9. The number of hydrogen-bond acceptors (Lipinski definition) is 4. The lowest BCUT2D eigenvalue weighted by Crippen LogP contribution is -2.35. The molecular weight excluding hydrogens is 372 g/mol. The molecule has 4 N–H and O–H groups in total. The summed E-state index contributed by atoms with van der Waals surface area (Å²) in [7, 11) is 0. The molecule has 1 aromatic heterocycles. The number of nitrogens with zero attached hydrogens (tertiary/aromatic N) is 1. The minimum atomic E-state index is -0.477. The monoisotopic (exact) mass is 404 g/mol. The predicted molar refractivity (Wildman–Crippen MR) is 119 cm³/mol. The zero-order chi connectivity index (χ0) is 19.6. The molecule has 154 valence electrons. The topological polar surface area (TPSA) is 80.0 Å². The lowest BCUT2D eigenvalue weighted by atomic mass is 10.0. The van der Waals surface area contributed by atoms with Crippen molar-refractivity contribution in [2.75, 3.05) is 5.32 Å². The lowest BCUT2D eigenvalue weighted by molar-refractivity contribution is -0.117. The zero-order valence-corrected chi connectivity index (χ0v) is 17.8. The number of nitrogens with two attached hydrogens (primary N) is 1. The van der Waals surface area contributed by atoms with Gasteiger partial charge >= 0.3 is 0 Å². The third-order valence-corrected chi connectivity index (χ3v) is 4.71. The molecule has 28 heavy (non-hydrogen) atoms. The summed E-state index contributed by atoms with van der Waals surface area (Å²) < 4.78 is 0. The first-order chi connectivity index (χ1) is 13.0. The minimum Gasteiger partial charge on any atom is -0.320 e. The van der Waals surface area contributed by atoms with Crippen LogP contribution < -0.4 is 16.4 Å². The van der Waals surface area contributed by atoms with Gasteiger partial charge in [0.15, 0.2) is 0 Å². The van der Waals surface area contributed by atoms with Gasteiger partial charge in [0, 0.05) is 18.3 Å². The second-order valence-corrected chi connectivity index (χ2v) is 7.17. The second-order valence-electron chi connectivity index (χ2n) is 7.17. The van der Waals surface area contributed by atoms with E-state index in [0.717, 1.165) is 24.8 Å². The number of aromatic nitrogens is 1. The van der Waals surface area contributed by atoms with Crippen LogP contribution in [0.3, 0.4) is 0 Å². The van der Waals surface area contributed by atoms with Crippen molar-refractivity contribution >= 4 is 24.1 Å². The third kappa shape index (κ3) is 7.97. The fraction of sp³-hybridized carbons (Fsp3) is 0.455. The molecular formula is C22H33ClN4O. The summed E-state index contributed by atoms with van der Waals surface area (Å²) in [6.45, 7) is 6.40. The molecule has 5 nitrogen and oxygen atoms in total. The molecule has 0 aliphatic rings. The van der Waals surface area contributed by atoms with E-state index in [1.54, 1.807) is 0 Å². The van der Waals surface area contributed by atoms with Crippen LogP contribution in [0.5, 0.6) is 0 Å². The van der Waals surface area contributed by atoms with Crippen LogP contribution in [-0.2, 0) is 11.2 Å². The van der Waals surface area contributed by atoms with E-state index in [2.05, 4.69) is 53.7 Å². The maximum Gasteiger partial charge on any atom is 0.242 e. The number of hydrogen-bond donors (Lipinski definition) is 3. The maximum atomic E-state index is 11.9. The average Bonchev–Trinajstić information content (AvgIpc) is 2.68. The highest BCUT2D eigenvalue weighted by Gasteiger charge is 2.13. The molecule has 0 saturated carbocycles. The summed E-state index contributed by atoms with van der Waals surface area (Å²) in [6.07, 6.45) is 5.35. The maximum absolute atomic E-state index is 11.9. The summed E-state index contributed by atoms with van der Waals surface area (Å²) in [5, 5.41) is 6.41. The third-order valence-electron chi connectivity index (χ3n) is 4.71. The zero-order valence-electron chi connectivity index (χ0n) is 17.0. The molecule has 0 fully saturated rings. The molecule has 0 spiro atoms. The molecule has 1 aromatic carbocycles. The van der Waals surface area contributed by atoms with E-state index in [0.29, 0.717) is 24.3 Å². The van der Waals surface area contributed by atoms with Crippen LogP contribution in [0.2, 0.25) is 0 Å². The van der Waals surface area contributed by atoms with Crippen molar-refractivity contribution in [1.29, 1.82) is 0 Å². The number of benzene rings is 1. The molecule has 3 atom stereocenters. The van der Waals surface area contributed by atoms with Crippen molar-refractivity contribution in [3.05, 3.63) is 59.8 Å². The number of anilines is 1. The van der Waals surface area contributed by atoms with Gasteiger partial charge in [0.25, 0.3) is 0 Å². The predicted octanol–water partition coefficient (Wildman–Crippen LogP) is 4.24. The van der Waals surface area contributed by atoms with Gasteiger partial charge in [-0.05, 0) is 50.3 Å². The molecule has 2 rings (SSSR count). The van der Waals surface area contributed by atoms with Gasteiger partial charge < -0.3 is 16.4 Å². The van der Waals surface area contributed by atoms with Gasteiger partial charge in [-0.25, -0.2) is 4.98 Å². The van der Waals surface area contributed by atoms with Crippen LogP contribution in [0.4, 0.5) is 5.82 Å². The molecule has 0 bridgehead atoms. The Labute approximate surface area is 174 Å². The Bertz CT molecular complexity index is 693. The van der Waals surface area contributed by atoms with Crippen molar-refractivity contribution in [1.82, 2.24) is 10.3 Å². The second kappa shape index (κ2) is 12.5. The Morgan fingerprint density at radius 3 is 2.43 bits per heavy atom. The number of aryl methyl sites for hydroxylation is 1. The van der Waals surface area contributed by atoms with E-state index in [1.165, 1.54) is 5.56 Å². The quantitative estimate of drug-likeness (QED) is 0.553.